The normalized spacial score (nSPS) is 12.4. The first-order chi connectivity index (χ1) is 8.58. The fraction of sp³-hybridized carbons (Fsp3) is 0.250. The summed E-state index contributed by atoms with van der Waals surface area (Å²) in [5.41, 5.74) is 4.47. The Kier molecular flexibility index (Phi) is 4.05. The molecule has 0 aliphatic heterocycles. The van der Waals surface area contributed by atoms with Crippen molar-refractivity contribution < 1.29 is 5.11 Å². The Bertz CT molecular complexity index is 531. The first-order valence-electron chi connectivity index (χ1n) is 6.06. The Balaban J connectivity index is 2.19. The van der Waals surface area contributed by atoms with Crippen molar-refractivity contribution in [1.29, 1.82) is 0 Å². The standard InChI is InChI=1S/C16H17ClO/c1-11-4-3-5-15(12(11)2)16(18)10-13-6-8-14(17)9-7-13/h3-9,16,18H,10H2,1-2H3. The highest BCUT2D eigenvalue weighted by Gasteiger charge is 2.12. The lowest BCUT2D eigenvalue weighted by Crippen LogP contribution is -2.04. The molecule has 0 heterocycles. The van der Waals surface area contributed by atoms with Gasteiger partial charge in [0.2, 0.25) is 0 Å². The lowest BCUT2D eigenvalue weighted by Gasteiger charge is -2.15. The Morgan fingerprint density at radius 3 is 2.39 bits per heavy atom. The second kappa shape index (κ2) is 5.55. The molecule has 0 aliphatic rings. The molecule has 18 heavy (non-hydrogen) atoms. The Morgan fingerprint density at radius 1 is 1.06 bits per heavy atom. The summed E-state index contributed by atoms with van der Waals surface area (Å²) in [7, 11) is 0. The van der Waals surface area contributed by atoms with Gasteiger partial charge in [-0.25, -0.2) is 0 Å². The number of aliphatic hydroxyl groups is 1. The van der Waals surface area contributed by atoms with Crippen LogP contribution in [-0.4, -0.2) is 5.11 Å². The molecular formula is C16H17ClO. The van der Waals surface area contributed by atoms with Gasteiger partial charge in [0.15, 0.2) is 0 Å². The van der Waals surface area contributed by atoms with E-state index < -0.39 is 6.10 Å². The molecule has 2 aromatic carbocycles. The topological polar surface area (TPSA) is 20.2 Å². The first-order valence-corrected chi connectivity index (χ1v) is 6.44. The van der Waals surface area contributed by atoms with Gasteiger partial charge in [-0.2, -0.15) is 0 Å². The molecule has 0 aliphatic carbocycles. The molecule has 1 N–H and O–H groups in total. The zero-order chi connectivity index (χ0) is 13.1. The van der Waals surface area contributed by atoms with Crippen LogP contribution in [0.25, 0.3) is 0 Å². The van der Waals surface area contributed by atoms with Crippen LogP contribution in [-0.2, 0) is 6.42 Å². The maximum atomic E-state index is 10.3. The predicted octanol–water partition coefficient (Wildman–Crippen LogP) is 4.23. The second-order valence-electron chi connectivity index (χ2n) is 4.64. The number of aryl methyl sites for hydroxylation is 1. The summed E-state index contributed by atoms with van der Waals surface area (Å²) in [4.78, 5) is 0. The molecule has 2 rings (SSSR count). The summed E-state index contributed by atoms with van der Waals surface area (Å²) in [6.45, 7) is 4.11. The highest BCUT2D eigenvalue weighted by Crippen LogP contribution is 2.24. The zero-order valence-electron chi connectivity index (χ0n) is 10.7. The van der Waals surface area contributed by atoms with Crippen LogP contribution in [0.3, 0.4) is 0 Å². The van der Waals surface area contributed by atoms with E-state index in [4.69, 9.17) is 11.6 Å². The molecular weight excluding hydrogens is 244 g/mol. The van der Waals surface area contributed by atoms with Gasteiger partial charge in [0.1, 0.15) is 0 Å². The Morgan fingerprint density at radius 2 is 1.72 bits per heavy atom. The molecule has 2 aromatic rings. The molecule has 0 spiro atoms. The number of aliphatic hydroxyl groups excluding tert-OH is 1. The molecule has 1 nitrogen and oxygen atoms in total. The maximum Gasteiger partial charge on any atom is 0.0833 e. The van der Waals surface area contributed by atoms with Crippen molar-refractivity contribution in [2.45, 2.75) is 26.4 Å². The molecule has 1 unspecified atom stereocenters. The van der Waals surface area contributed by atoms with Crippen molar-refractivity contribution in [3.8, 4) is 0 Å². The van der Waals surface area contributed by atoms with Crippen LogP contribution >= 0.6 is 11.6 Å². The summed E-state index contributed by atoms with van der Waals surface area (Å²) in [6, 6.07) is 13.7. The highest BCUT2D eigenvalue weighted by molar-refractivity contribution is 6.30. The van der Waals surface area contributed by atoms with E-state index in [9.17, 15) is 5.11 Å². The van der Waals surface area contributed by atoms with E-state index >= 15 is 0 Å². The minimum Gasteiger partial charge on any atom is -0.388 e. The van der Waals surface area contributed by atoms with Crippen molar-refractivity contribution in [3.05, 3.63) is 69.7 Å². The predicted molar refractivity (Wildman–Crippen MR) is 76.0 cm³/mol. The van der Waals surface area contributed by atoms with Gasteiger partial charge in [-0.3, -0.25) is 0 Å². The minimum absolute atomic E-state index is 0.467. The van der Waals surface area contributed by atoms with Crippen molar-refractivity contribution in [2.75, 3.05) is 0 Å². The number of benzene rings is 2. The summed E-state index contributed by atoms with van der Waals surface area (Å²) in [5.74, 6) is 0. The van der Waals surface area contributed by atoms with E-state index in [-0.39, 0.29) is 0 Å². The van der Waals surface area contributed by atoms with E-state index in [2.05, 4.69) is 19.9 Å². The molecule has 0 amide bonds. The monoisotopic (exact) mass is 260 g/mol. The molecule has 1 atom stereocenters. The fourth-order valence-corrected chi connectivity index (χ4v) is 2.21. The van der Waals surface area contributed by atoms with Crippen LogP contribution in [0.1, 0.15) is 28.4 Å². The summed E-state index contributed by atoms with van der Waals surface area (Å²) in [5, 5.41) is 11.0. The van der Waals surface area contributed by atoms with Gasteiger partial charge in [-0.1, -0.05) is 41.9 Å². The average Bonchev–Trinajstić information content (AvgIpc) is 2.35. The number of hydrogen-bond donors (Lipinski definition) is 1. The van der Waals surface area contributed by atoms with E-state index in [1.165, 1.54) is 11.1 Å². The minimum atomic E-state index is -0.467. The van der Waals surface area contributed by atoms with Crippen LogP contribution < -0.4 is 0 Å². The zero-order valence-corrected chi connectivity index (χ0v) is 11.4. The van der Waals surface area contributed by atoms with Crippen LogP contribution in [0.5, 0.6) is 0 Å². The quantitative estimate of drug-likeness (QED) is 0.876. The van der Waals surface area contributed by atoms with Gasteiger partial charge in [0.05, 0.1) is 6.10 Å². The SMILES string of the molecule is Cc1cccc(C(O)Cc2ccc(Cl)cc2)c1C. The molecule has 0 radical (unpaired) electrons. The maximum absolute atomic E-state index is 10.3. The molecule has 0 bridgehead atoms. The molecule has 0 saturated heterocycles. The van der Waals surface area contributed by atoms with Gasteiger partial charge < -0.3 is 5.11 Å². The summed E-state index contributed by atoms with van der Waals surface area (Å²) >= 11 is 5.85. The Labute approximate surface area is 113 Å². The molecule has 0 aromatic heterocycles. The summed E-state index contributed by atoms with van der Waals surface area (Å²) < 4.78 is 0. The van der Waals surface area contributed by atoms with E-state index in [1.807, 2.05) is 36.4 Å². The van der Waals surface area contributed by atoms with Gasteiger partial charge in [0, 0.05) is 11.4 Å². The third-order valence-corrected chi connectivity index (χ3v) is 3.60. The number of hydrogen-bond acceptors (Lipinski definition) is 1. The van der Waals surface area contributed by atoms with Gasteiger partial charge >= 0.3 is 0 Å². The average molecular weight is 261 g/mol. The van der Waals surface area contributed by atoms with Crippen molar-refractivity contribution in [1.82, 2.24) is 0 Å². The van der Waals surface area contributed by atoms with Crippen molar-refractivity contribution >= 4 is 11.6 Å². The molecule has 2 heteroatoms. The van der Waals surface area contributed by atoms with Crippen molar-refractivity contribution in [2.24, 2.45) is 0 Å². The van der Waals surface area contributed by atoms with E-state index in [0.29, 0.717) is 6.42 Å². The lowest BCUT2D eigenvalue weighted by molar-refractivity contribution is 0.177. The van der Waals surface area contributed by atoms with Crippen LogP contribution in [0.2, 0.25) is 5.02 Å². The second-order valence-corrected chi connectivity index (χ2v) is 5.07. The van der Waals surface area contributed by atoms with E-state index in [0.717, 1.165) is 16.1 Å². The van der Waals surface area contributed by atoms with E-state index in [1.54, 1.807) is 0 Å². The third-order valence-electron chi connectivity index (χ3n) is 3.35. The fourth-order valence-electron chi connectivity index (χ4n) is 2.09. The molecule has 94 valence electrons. The van der Waals surface area contributed by atoms with Gasteiger partial charge in [-0.05, 0) is 48.2 Å². The number of halogens is 1. The van der Waals surface area contributed by atoms with Crippen LogP contribution in [0.4, 0.5) is 0 Å². The first kappa shape index (κ1) is 13.1. The largest absolute Gasteiger partial charge is 0.388 e. The van der Waals surface area contributed by atoms with Crippen LogP contribution in [0, 0.1) is 13.8 Å². The number of rotatable bonds is 3. The lowest BCUT2D eigenvalue weighted by atomic mass is 9.95. The third kappa shape index (κ3) is 2.92. The van der Waals surface area contributed by atoms with Crippen LogP contribution in [0.15, 0.2) is 42.5 Å². The summed E-state index contributed by atoms with van der Waals surface area (Å²) in [6.07, 6.45) is 0.146. The molecule has 0 fully saturated rings. The molecule has 0 saturated carbocycles. The Hall–Kier alpha value is -1.31. The smallest absolute Gasteiger partial charge is 0.0833 e. The van der Waals surface area contributed by atoms with Crippen molar-refractivity contribution in [3.63, 3.8) is 0 Å². The highest BCUT2D eigenvalue weighted by atomic mass is 35.5. The van der Waals surface area contributed by atoms with Gasteiger partial charge in [0.25, 0.3) is 0 Å². The van der Waals surface area contributed by atoms with Gasteiger partial charge in [-0.15, -0.1) is 0 Å².